The van der Waals surface area contributed by atoms with Crippen LogP contribution in [0, 0.1) is 5.92 Å². The Morgan fingerprint density at radius 3 is 2.50 bits per heavy atom. The number of anilines is 1. The SMILES string of the molecule is CC(C)C(c1ccc2cc(N)ccc2c1)n1ccnn1. The molecule has 4 nitrogen and oxygen atoms in total. The zero-order valence-corrected chi connectivity index (χ0v) is 11.7. The minimum absolute atomic E-state index is 0.194. The molecule has 2 N–H and O–H groups in total. The van der Waals surface area contributed by atoms with Gasteiger partial charge >= 0.3 is 0 Å². The first-order valence-electron chi connectivity index (χ1n) is 6.80. The summed E-state index contributed by atoms with van der Waals surface area (Å²) in [5.41, 5.74) is 7.86. The van der Waals surface area contributed by atoms with E-state index in [0.29, 0.717) is 5.92 Å². The number of rotatable bonds is 3. The molecule has 3 aromatic rings. The third-order valence-corrected chi connectivity index (χ3v) is 3.59. The lowest BCUT2D eigenvalue weighted by atomic mass is 9.94. The second kappa shape index (κ2) is 4.96. The smallest absolute Gasteiger partial charge is 0.0809 e. The molecule has 1 heterocycles. The van der Waals surface area contributed by atoms with Crippen molar-refractivity contribution in [1.29, 1.82) is 0 Å². The van der Waals surface area contributed by atoms with Crippen LogP contribution in [0.4, 0.5) is 5.69 Å². The van der Waals surface area contributed by atoms with Gasteiger partial charge < -0.3 is 5.73 Å². The number of nitrogen functional groups attached to an aromatic ring is 1. The molecule has 0 aliphatic carbocycles. The third-order valence-electron chi connectivity index (χ3n) is 3.59. The first kappa shape index (κ1) is 12.7. The minimum atomic E-state index is 0.194. The van der Waals surface area contributed by atoms with Gasteiger partial charge in [0.05, 0.1) is 12.2 Å². The summed E-state index contributed by atoms with van der Waals surface area (Å²) in [6.45, 7) is 4.39. The van der Waals surface area contributed by atoms with Crippen molar-refractivity contribution in [3.63, 3.8) is 0 Å². The van der Waals surface area contributed by atoms with Crippen LogP contribution in [-0.4, -0.2) is 15.0 Å². The van der Waals surface area contributed by atoms with Gasteiger partial charge in [-0.05, 0) is 40.5 Å². The lowest BCUT2D eigenvalue weighted by Crippen LogP contribution is -2.17. The van der Waals surface area contributed by atoms with Gasteiger partial charge in [-0.15, -0.1) is 5.10 Å². The van der Waals surface area contributed by atoms with Gasteiger partial charge in [0, 0.05) is 11.9 Å². The molecular weight excluding hydrogens is 248 g/mol. The van der Waals surface area contributed by atoms with Crippen LogP contribution in [0.25, 0.3) is 10.8 Å². The van der Waals surface area contributed by atoms with E-state index in [4.69, 9.17) is 5.73 Å². The van der Waals surface area contributed by atoms with Crippen molar-refractivity contribution in [2.45, 2.75) is 19.9 Å². The Bertz CT molecular complexity index is 716. The minimum Gasteiger partial charge on any atom is -0.399 e. The zero-order valence-electron chi connectivity index (χ0n) is 11.7. The highest BCUT2D eigenvalue weighted by atomic mass is 15.4. The summed E-state index contributed by atoms with van der Waals surface area (Å²) >= 11 is 0. The van der Waals surface area contributed by atoms with E-state index in [1.807, 2.05) is 23.0 Å². The summed E-state index contributed by atoms with van der Waals surface area (Å²) in [4.78, 5) is 0. The predicted molar refractivity (Wildman–Crippen MR) is 81.4 cm³/mol. The maximum atomic E-state index is 5.82. The molecule has 20 heavy (non-hydrogen) atoms. The molecule has 4 heteroatoms. The van der Waals surface area contributed by atoms with Crippen LogP contribution >= 0.6 is 0 Å². The summed E-state index contributed by atoms with van der Waals surface area (Å²) in [7, 11) is 0. The molecule has 3 rings (SSSR count). The quantitative estimate of drug-likeness (QED) is 0.740. The molecule has 0 aliphatic rings. The molecular formula is C16H18N4. The molecule has 0 bridgehead atoms. The molecule has 0 radical (unpaired) electrons. The number of aromatic nitrogens is 3. The van der Waals surface area contributed by atoms with E-state index in [9.17, 15) is 0 Å². The fourth-order valence-electron chi connectivity index (χ4n) is 2.68. The summed E-state index contributed by atoms with van der Waals surface area (Å²) < 4.78 is 1.92. The van der Waals surface area contributed by atoms with Gasteiger partial charge in [-0.2, -0.15) is 0 Å². The van der Waals surface area contributed by atoms with Gasteiger partial charge in [0.2, 0.25) is 0 Å². The van der Waals surface area contributed by atoms with E-state index in [1.54, 1.807) is 6.20 Å². The average molecular weight is 266 g/mol. The number of nitrogens with zero attached hydrogens (tertiary/aromatic N) is 3. The van der Waals surface area contributed by atoms with Crippen LogP contribution in [0.1, 0.15) is 25.5 Å². The van der Waals surface area contributed by atoms with Crippen LogP contribution < -0.4 is 5.73 Å². The highest BCUT2D eigenvalue weighted by Gasteiger charge is 2.18. The molecule has 102 valence electrons. The number of hydrogen-bond acceptors (Lipinski definition) is 3. The Hall–Kier alpha value is -2.36. The van der Waals surface area contributed by atoms with Crippen molar-refractivity contribution in [3.8, 4) is 0 Å². The summed E-state index contributed by atoms with van der Waals surface area (Å²) in [6, 6.07) is 12.7. The summed E-state index contributed by atoms with van der Waals surface area (Å²) in [5.74, 6) is 0.433. The zero-order chi connectivity index (χ0) is 14.1. The Kier molecular flexibility index (Phi) is 3.14. The van der Waals surface area contributed by atoms with Crippen molar-refractivity contribution in [3.05, 3.63) is 54.4 Å². The van der Waals surface area contributed by atoms with E-state index in [2.05, 4.69) is 48.4 Å². The Labute approximate surface area is 118 Å². The first-order chi connectivity index (χ1) is 9.65. The molecule has 0 spiro atoms. The van der Waals surface area contributed by atoms with Crippen molar-refractivity contribution >= 4 is 16.5 Å². The standard InChI is InChI=1S/C16H18N4/c1-11(2)16(20-8-7-18-19-20)14-4-3-13-10-15(17)6-5-12(13)9-14/h3-11,16H,17H2,1-2H3. The highest BCUT2D eigenvalue weighted by molar-refractivity contribution is 5.86. The number of fused-ring (bicyclic) bond motifs is 1. The predicted octanol–water partition coefficient (Wildman–Crippen LogP) is 3.26. The van der Waals surface area contributed by atoms with E-state index in [1.165, 1.54) is 10.9 Å². The lowest BCUT2D eigenvalue weighted by Gasteiger charge is -2.21. The van der Waals surface area contributed by atoms with Crippen LogP contribution in [0.15, 0.2) is 48.8 Å². The monoisotopic (exact) mass is 266 g/mol. The molecule has 0 aliphatic heterocycles. The number of nitrogens with two attached hydrogens (primary N) is 1. The highest BCUT2D eigenvalue weighted by Crippen LogP contribution is 2.28. The number of hydrogen-bond donors (Lipinski definition) is 1. The Morgan fingerprint density at radius 2 is 1.80 bits per heavy atom. The van der Waals surface area contributed by atoms with Crippen LogP contribution in [0.5, 0.6) is 0 Å². The molecule has 1 aromatic heterocycles. The van der Waals surface area contributed by atoms with Crippen LogP contribution in [-0.2, 0) is 0 Å². The van der Waals surface area contributed by atoms with Gasteiger partial charge in [-0.1, -0.05) is 37.3 Å². The van der Waals surface area contributed by atoms with E-state index in [-0.39, 0.29) is 6.04 Å². The van der Waals surface area contributed by atoms with Crippen molar-refractivity contribution in [1.82, 2.24) is 15.0 Å². The summed E-state index contributed by atoms with van der Waals surface area (Å²) in [5, 5.41) is 10.4. The molecule has 1 atom stereocenters. The Balaban J connectivity index is 2.10. The maximum absolute atomic E-state index is 5.82. The van der Waals surface area contributed by atoms with Crippen molar-refractivity contribution < 1.29 is 0 Å². The van der Waals surface area contributed by atoms with Crippen molar-refractivity contribution in [2.75, 3.05) is 5.73 Å². The fourth-order valence-corrected chi connectivity index (χ4v) is 2.68. The van der Waals surface area contributed by atoms with Gasteiger partial charge in [0.1, 0.15) is 0 Å². The second-order valence-corrected chi connectivity index (χ2v) is 5.44. The molecule has 0 saturated heterocycles. The average Bonchev–Trinajstić information content (AvgIpc) is 2.92. The molecule has 0 fully saturated rings. The molecule has 0 saturated carbocycles. The van der Waals surface area contributed by atoms with Gasteiger partial charge in [-0.3, -0.25) is 0 Å². The first-order valence-corrected chi connectivity index (χ1v) is 6.80. The summed E-state index contributed by atoms with van der Waals surface area (Å²) in [6.07, 6.45) is 3.63. The van der Waals surface area contributed by atoms with Crippen molar-refractivity contribution in [2.24, 2.45) is 5.92 Å². The maximum Gasteiger partial charge on any atom is 0.0809 e. The fraction of sp³-hybridized carbons (Fsp3) is 0.250. The van der Waals surface area contributed by atoms with E-state index in [0.717, 1.165) is 11.1 Å². The normalized spacial score (nSPS) is 12.9. The molecule has 0 amide bonds. The van der Waals surface area contributed by atoms with Gasteiger partial charge in [0.25, 0.3) is 0 Å². The van der Waals surface area contributed by atoms with E-state index >= 15 is 0 Å². The number of benzene rings is 2. The largest absolute Gasteiger partial charge is 0.399 e. The molecule has 1 unspecified atom stereocenters. The van der Waals surface area contributed by atoms with E-state index < -0.39 is 0 Å². The van der Waals surface area contributed by atoms with Crippen LogP contribution in [0.3, 0.4) is 0 Å². The molecule has 2 aromatic carbocycles. The Morgan fingerprint density at radius 1 is 1.05 bits per heavy atom. The van der Waals surface area contributed by atoms with Gasteiger partial charge in [0.15, 0.2) is 0 Å². The lowest BCUT2D eigenvalue weighted by molar-refractivity contribution is 0.394. The third kappa shape index (κ3) is 2.25. The van der Waals surface area contributed by atoms with Gasteiger partial charge in [-0.25, -0.2) is 4.68 Å². The second-order valence-electron chi connectivity index (χ2n) is 5.44. The van der Waals surface area contributed by atoms with Crippen LogP contribution in [0.2, 0.25) is 0 Å². The topological polar surface area (TPSA) is 56.7 Å².